The van der Waals surface area contributed by atoms with Crippen molar-refractivity contribution in [3.8, 4) is 0 Å². The second-order valence-corrected chi connectivity index (χ2v) is 4.47. The third kappa shape index (κ3) is 6.10. The van der Waals surface area contributed by atoms with Crippen molar-refractivity contribution in [3.63, 3.8) is 0 Å². The van der Waals surface area contributed by atoms with Crippen molar-refractivity contribution in [3.05, 3.63) is 35.6 Å². The standard InChI is InChI=1S/C14H19FN2O2/c1-3-16-14(19)10-17(2)9-13(18)8-11-4-6-12(15)7-5-11/h4-7H,3,8-10H2,1-2H3,(H,16,19). The van der Waals surface area contributed by atoms with E-state index in [1.807, 2.05) is 6.92 Å². The largest absolute Gasteiger partial charge is 0.355 e. The molecule has 5 heteroatoms. The highest BCUT2D eigenvalue weighted by molar-refractivity contribution is 5.84. The van der Waals surface area contributed by atoms with Crippen LogP contribution in [0.15, 0.2) is 24.3 Å². The van der Waals surface area contributed by atoms with Crippen molar-refractivity contribution in [2.45, 2.75) is 13.3 Å². The van der Waals surface area contributed by atoms with E-state index in [0.29, 0.717) is 6.54 Å². The molecule has 1 rings (SSSR count). The maximum absolute atomic E-state index is 12.7. The van der Waals surface area contributed by atoms with Crippen LogP contribution in [0.4, 0.5) is 4.39 Å². The quantitative estimate of drug-likeness (QED) is 0.801. The molecule has 0 aliphatic carbocycles. The summed E-state index contributed by atoms with van der Waals surface area (Å²) in [7, 11) is 1.72. The molecule has 4 nitrogen and oxygen atoms in total. The molecule has 19 heavy (non-hydrogen) atoms. The fraction of sp³-hybridized carbons (Fsp3) is 0.429. The molecule has 1 aromatic rings. The first-order valence-corrected chi connectivity index (χ1v) is 6.22. The van der Waals surface area contributed by atoms with E-state index in [1.165, 1.54) is 12.1 Å². The van der Waals surface area contributed by atoms with Crippen LogP contribution in [0.1, 0.15) is 12.5 Å². The lowest BCUT2D eigenvalue weighted by Crippen LogP contribution is -2.37. The minimum Gasteiger partial charge on any atom is -0.355 e. The summed E-state index contributed by atoms with van der Waals surface area (Å²) in [5.74, 6) is -0.414. The highest BCUT2D eigenvalue weighted by Crippen LogP contribution is 2.04. The Hall–Kier alpha value is -1.75. The van der Waals surface area contributed by atoms with Gasteiger partial charge in [-0.05, 0) is 31.7 Å². The van der Waals surface area contributed by atoms with Crippen LogP contribution in [0.3, 0.4) is 0 Å². The van der Waals surface area contributed by atoms with Crippen molar-refractivity contribution in [2.75, 3.05) is 26.7 Å². The van der Waals surface area contributed by atoms with Crippen molar-refractivity contribution in [1.82, 2.24) is 10.2 Å². The molecule has 0 heterocycles. The first kappa shape index (κ1) is 15.3. The average molecular weight is 266 g/mol. The van der Waals surface area contributed by atoms with E-state index < -0.39 is 0 Å². The van der Waals surface area contributed by atoms with Gasteiger partial charge in [-0.15, -0.1) is 0 Å². The van der Waals surface area contributed by atoms with Crippen LogP contribution in [-0.2, 0) is 16.0 Å². The molecule has 0 saturated heterocycles. The molecule has 0 aromatic heterocycles. The van der Waals surface area contributed by atoms with Gasteiger partial charge < -0.3 is 5.32 Å². The van der Waals surface area contributed by atoms with E-state index in [-0.39, 0.29) is 37.0 Å². The Morgan fingerprint density at radius 1 is 1.21 bits per heavy atom. The molecule has 0 radical (unpaired) electrons. The normalized spacial score (nSPS) is 10.5. The Kier molecular flexibility index (Phi) is 6.15. The fourth-order valence-corrected chi connectivity index (χ4v) is 1.74. The van der Waals surface area contributed by atoms with E-state index >= 15 is 0 Å². The second-order valence-electron chi connectivity index (χ2n) is 4.47. The molecule has 0 fully saturated rings. The van der Waals surface area contributed by atoms with Crippen LogP contribution in [0.25, 0.3) is 0 Å². The number of likely N-dealkylation sites (N-methyl/N-ethyl adjacent to an activating group) is 2. The minimum atomic E-state index is -0.315. The predicted octanol–water partition coefficient (Wildman–Crippen LogP) is 1.01. The molecular weight excluding hydrogens is 247 g/mol. The van der Waals surface area contributed by atoms with Crippen LogP contribution < -0.4 is 5.32 Å². The zero-order chi connectivity index (χ0) is 14.3. The van der Waals surface area contributed by atoms with Gasteiger partial charge in [0.2, 0.25) is 5.91 Å². The van der Waals surface area contributed by atoms with Crippen LogP contribution in [0, 0.1) is 5.82 Å². The maximum Gasteiger partial charge on any atom is 0.234 e. The number of amides is 1. The third-order valence-corrected chi connectivity index (χ3v) is 2.55. The third-order valence-electron chi connectivity index (χ3n) is 2.55. The Morgan fingerprint density at radius 3 is 2.42 bits per heavy atom. The first-order valence-electron chi connectivity index (χ1n) is 6.22. The van der Waals surface area contributed by atoms with Gasteiger partial charge in [0.1, 0.15) is 5.82 Å². The molecule has 1 amide bonds. The number of nitrogens with one attached hydrogen (secondary N) is 1. The number of hydrogen-bond donors (Lipinski definition) is 1. The molecule has 0 unspecified atom stereocenters. The van der Waals surface area contributed by atoms with E-state index in [0.717, 1.165) is 5.56 Å². The number of Topliss-reactive ketones (excluding diaryl/α,β-unsaturated/α-hetero) is 1. The topological polar surface area (TPSA) is 49.4 Å². The van der Waals surface area contributed by atoms with Crippen LogP contribution >= 0.6 is 0 Å². The number of carbonyl (C=O) groups excluding carboxylic acids is 2. The lowest BCUT2D eigenvalue weighted by molar-refractivity contribution is -0.123. The zero-order valence-electron chi connectivity index (χ0n) is 11.3. The highest BCUT2D eigenvalue weighted by Gasteiger charge is 2.10. The molecule has 0 spiro atoms. The zero-order valence-corrected chi connectivity index (χ0v) is 11.3. The predicted molar refractivity (Wildman–Crippen MR) is 71.3 cm³/mol. The van der Waals surface area contributed by atoms with Crippen LogP contribution in [-0.4, -0.2) is 43.3 Å². The highest BCUT2D eigenvalue weighted by atomic mass is 19.1. The number of carbonyl (C=O) groups is 2. The number of nitrogens with zero attached hydrogens (tertiary/aromatic N) is 1. The number of ketones is 1. The summed E-state index contributed by atoms with van der Waals surface area (Å²) in [6.07, 6.45) is 0.250. The Morgan fingerprint density at radius 2 is 1.84 bits per heavy atom. The van der Waals surface area contributed by atoms with Crippen molar-refractivity contribution in [1.29, 1.82) is 0 Å². The van der Waals surface area contributed by atoms with Crippen LogP contribution in [0.5, 0.6) is 0 Å². The summed E-state index contributed by atoms with van der Waals surface area (Å²) >= 11 is 0. The SMILES string of the molecule is CCNC(=O)CN(C)CC(=O)Cc1ccc(F)cc1. The molecule has 0 aliphatic heterocycles. The summed E-state index contributed by atoms with van der Waals surface area (Å²) < 4.78 is 12.7. The smallest absolute Gasteiger partial charge is 0.234 e. The summed E-state index contributed by atoms with van der Waals surface area (Å²) in [5, 5.41) is 2.67. The average Bonchev–Trinajstić information content (AvgIpc) is 2.32. The molecular formula is C14H19FN2O2. The number of rotatable bonds is 7. The number of halogens is 1. The van der Waals surface area contributed by atoms with Gasteiger partial charge in [-0.1, -0.05) is 12.1 Å². The second kappa shape index (κ2) is 7.63. The van der Waals surface area contributed by atoms with Gasteiger partial charge in [0.25, 0.3) is 0 Å². The monoisotopic (exact) mass is 266 g/mol. The summed E-state index contributed by atoms with van der Waals surface area (Å²) in [6.45, 7) is 2.82. The summed E-state index contributed by atoms with van der Waals surface area (Å²) in [6, 6.07) is 5.86. The van der Waals surface area contributed by atoms with Gasteiger partial charge in [-0.25, -0.2) is 4.39 Å². The van der Waals surface area contributed by atoms with Crippen LogP contribution in [0.2, 0.25) is 0 Å². The summed E-state index contributed by atoms with van der Waals surface area (Å²) in [4.78, 5) is 24.8. The van der Waals surface area contributed by atoms with Gasteiger partial charge in [-0.2, -0.15) is 0 Å². The molecule has 1 aromatic carbocycles. The summed E-state index contributed by atoms with van der Waals surface area (Å²) in [5.41, 5.74) is 0.776. The molecule has 0 atom stereocenters. The molecule has 0 aliphatic rings. The van der Waals surface area contributed by atoms with Gasteiger partial charge in [-0.3, -0.25) is 14.5 Å². The molecule has 0 bridgehead atoms. The number of hydrogen-bond acceptors (Lipinski definition) is 3. The van der Waals surface area contributed by atoms with E-state index in [1.54, 1.807) is 24.1 Å². The van der Waals surface area contributed by atoms with Gasteiger partial charge >= 0.3 is 0 Å². The van der Waals surface area contributed by atoms with Gasteiger partial charge in [0.05, 0.1) is 13.1 Å². The Labute approximate surface area is 112 Å². The lowest BCUT2D eigenvalue weighted by atomic mass is 10.1. The molecule has 0 saturated carbocycles. The van der Waals surface area contributed by atoms with Gasteiger partial charge in [0.15, 0.2) is 5.78 Å². The van der Waals surface area contributed by atoms with E-state index in [4.69, 9.17) is 0 Å². The maximum atomic E-state index is 12.7. The first-order chi connectivity index (χ1) is 9.01. The Balaban J connectivity index is 2.38. The molecule has 1 N–H and O–H groups in total. The minimum absolute atomic E-state index is 0.00148. The van der Waals surface area contributed by atoms with E-state index in [2.05, 4.69) is 5.32 Å². The van der Waals surface area contributed by atoms with Crippen molar-refractivity contribution < 1.29 is 14.0 Å². The van der Waals surface area contributed by atoms with Gasteiger partial charge in [0, 0.05) is 13.0 Å². The van der Waals surface area contributed by atoms with Crippen molar-refractivity contribution in [2.24, 2.45) is 0 Å². The van der Waals surface area contributed by atoms with Crippen molar-refractivity contribution >= 4 is 11.7 Å². The number of benzene rings is 1. The Bertz CT molecular complexity index is 432. The lowest BCUT2D eigenvalue weighted by Gasteiger charge is -2.15. The van der Waals surface area contributed by atoms with E-state index in [9.17, 15) is 14.0 Å². The molecule has 104 valence electrons. The fourth-order valence-electron chi connectivity index (χ4n) is 1.74.